The normalized spacial score (nSPS) is 37.2. The molecule has 0 aromatic carbocycles. The monoisotopic (exact) mass is 329 g/mol. The summed E-state index contributed by atoms with van der Waals surface area (Å²) in [6, 6.07) is 3.10. The van der Waals surface area contributed by atoms with Crippen LogP contribution in [0.2, 0.25) is 0 Å². The summed E-state index contributed by atoms with van der Waals surface area (Å²) in [4.78, 5) is 11.7. The molecule has 2 aliphatic carbocycles. The molecule has 0 spiro atoms. The largest absolute Gasteiger partial charge is 0.355 e. The van der Waals surface area contributed by atoms with Gasteiger partial charge in [-0.15, -0.1) is 0 Å². The zero-order chi connectivity index (χ0) is 16.9. The highest BCUT2D eigenvalue weighted by Crippen LogP contribution is 2.65. The summed E-state index contributed by atoms with van der Waals surface area (Å²) < 4.78 is 0. The molecule has 5 heteroatoms. The zero-order valence-corrected chi connectivity index (χ0v) is 15.5. The van der Waals surface area contributed by atoms with Gasteiger partial charge in [0.05, 0.1) is 0 Å². The number of hydrogen-bond donors (Lipinski definition) is 2. The van der Waals surface area contributed by atoms with Crippen LogP contribution in [0.3, 0.4) is 0 Å². The molecule has 1 saturated heterocycles. The lowest BCUT2D eigenvalue weighted by molar-refractivity contribution is 0.142. The van der Waals surface area contributed by atoms with Gasteiger partial charge in [-0.25, -0.2) is 4.98 Å². The molecule has 1 aromatic rings. The average molecular weight is 329 g/mol. The van der Waals surface area contributed by atoms with Crippen molar-refractivity contribution in [1.29, 1.82) is 0 Å². The van der Waals surface area contributed by atoms with E-state index in [9.17, 15) is 0 Å². The number of aromatic nitrogens is 2. The number of fused-ring (bicyclic) bond motifs is 2. The first-order valence-corrected chi connectivity index (χ1v) is 9.46. The van der Waals surface area contributed by atoms with E-state index in [-0.39, 0.29) is 0 Å². The second kappa shape index (κ2) is 5.58. The van der Waals surface area contributed by atoms with E-state index in [1.165, 1.54) is 25.7 Å². The van der Waals surface area contributed by atoms with Gasteiger partial charge in [0, 0.05) is 31.4 Å². The molecule has 2 saturated carbocycles. The highest BCUT2D eigenvalue weighted by atomic mass is 15.3. The Balaban J connectivity index is 1.50. The molecule has 3 fully saturated rings. The van der Waals surface area contributed by atoms with Crippen molar-refractivity contribution in [2.75, 3.05) is 30.4 Å². The van der Waals surface area contributed by atoms with Gasteiger partial charge < -0.3 is 15.5 Å². The van der Waals surface area contributed by atoms with E-state index in [0.29, 0.717) is 22.9 Å². The van der Waals surface area contributed by atoms with Crippen molar-refractivity contribution in [3.05, 3.63) is 12.3 Å². The minimum absolute atomic E-state index is 0.349. The number of anilines is 2. The number of nitrogens with zero attached hydrogens (tertiary/aromatic N) is 3. The van der Waals surface area contributed by atoms with Gasteiger partial charge in [0.15, 0.2) is 0 Å². The number of nitrogens with one attached hydrogen (secondary N) is 2. The van der Waals surface area contributed by atoms with Crippen molar-refractivity contribution in [3.8, 4) is 0 Å². The maximum atomic E-state index is 4.83. The number of hydrogen-bond acceptors (Lipinski definition) is 5. The predicted molar refractivity (Wildman–Crippen MR) is 98.3 cm³/mol. The van der Waals surface area contributed by atoms with Gasteiger partial charge in [0.2, 0.25) is 5.95 Å². The molecular formula is C19H31N5. The zero-order valence-electron chi connectivity index (χ0n) is 15.5. The van der Waals surface area contributed by atoms with Gasteiger partial charge in [0.1, 0.15) is 5.82 Å². The predicted octanol–water partition coefficient (Wildman–Crippen LogP) is 2.90. The standard InChI is InChI=1S/C19H31N5/c1-18(2)13-5-8-19(18,3)15(11-13)22-17-21-9-6-16(23-17)24-10-7-14(12-24)20-4/h6,9,13-15,20H,5,7-8,10-12H2,1-4H3,(H,21,22,23)/t13-,14-,15+,19+/m1/s1. The fourth-order valence-electron chi connectivity index (χ4n) is 5.38. The Morgan fingerprint density at radius 2 is 2.08 bits per heavy atom. The lowest BCUT2D eigenvalue weighted by Crippen LogP contribution is -2.40. The summed E-state index contributed by atoms with van der Waals surface area (Å²) in [5.74, 6) is 2.69. The summed E-state index contributed by atoms with van der Waals surface area (Å²) >= 11 is 0. The van der Waals surface area contributed by atoms with Gasteiger partial charge in [-0.3, -0.25) is 0 Å². The van der Waals surface area contributed by atoms with Crippen LogP contribution in [0.1, 0.15) is 46.5 Å². The highest BCUT2D eigenvalue weighted by Gasteiger charge is 2.61. The van der Waals surface area contributed by atoms with Crippen molar-refractivity contribution in [2.24, 2.45) is 16.7 Å². The molecular weight excluding hydrogens is 298 g/mol. The van der Waals surface area contributed by atoms with Crippen LogP contribution in [0.5, 0.6) is 0 Å². The minimum atomic E-state index is 0.349. The molecule has 3 aliphatic rings. The van der Waals surface area contributed by atoms with E-state index in [1.54, 1.807) is 0 Å². The molecule has 24 heavy (non-hydrogen) atoms. The lowest BCUT2D eigenvalue weighted by Gasteiger charge is -2.39. The van der Waals surface area contributed by atoms with Gasteiger partial charge in [-0.1, -0.05) is 20.8 Å². The second-order valence-electron chi connectivity index (χ2n) is 8.77. The van der Waals surface area contributed by atoms with Crippen LogP contribution in [0.4, 0.5) is 11.8 Å². The molecule has 4 atom stereocenters. The average Bonchev–Trinajstić information content (AvgIpc) is 3.18. The van der Waals surface area contributed by atoms with Crippen LogP contribution < -0.4 is 15.5 Å². The Labute approximate surface area is 145 Å². The second-order valence-corrected chi connectivity index (χ2v) is 8.77. The first kappa shape index (κ1) is 16.1. The number of rotatable bonds is 4. The van der Waals surface area contributed by atoms with Crippen molar-refractivity contribution in [2.45, 2.75) is 58.5 Å². The van der Waals surface area contributed by atoms with Crippen molar-refractivity contribution in [1.82, 2.24) is 15.3 Å². The summed E-state index contributed by atoms with van der Waals surface area (Å²) in [7, 11) is 2.04. The summed E-state index contributed by atoms with van der Waals surface area (Å²) in [6.45, 7) is 9.46. The first-order chi connectivity index (χ1) is 11.4. The molecule has 2 N–H and O–H groups in total. The third kappa shape index (κ3) is 2.32. The van der Waals surface area contributed by atoms with Gasteiger partial charge in [-0.2, -0.15) is 4.98 Å². The Kier molecular flexibility index (Phi) is 3.75. The first-order valence-electron chi connectivity index (χ1n) is 9.46. The van der Waals surface area contributed by atoms with E-state index < -0.39 is 0 Å². The maximum absolute atomic E-state index is 4.83. The summed E-state index contributed by atoms with van der Waals surface area (Å²) in [5, 5.41) is 7.06. The molecule has 0 radical (unpaired) electrons. The molecule has 2 bridgehead atoms. The molecule has 5 nitrogen and oxygen atoms in total. The van der Waals surface area contributed by atoms with Crippen molar-refractivity contribution >= 4 is 11.8 Å². The van der Waals surface area contributed by atoms with Crippen molar-refractivity contribution in [3.63, 3.8) is 0 Å². The summed E-state index contributed by atoms with van der Waals surface area (Å²) in [6.07, 6.45) is 7.03. The van der Waals surface area contributed by atoms with Gasteiger partial charge >= 0.3 is 0 Å². The molecule has 4 rings (SSSR count). The van der Waals surface area contributed by atoms with E-state index in [4.69, 9.17) is 4.98 Å². The smallest absolute Gasteiger partial charge is 0.224 e. The van der Waals surface area contributed by atoms with E-state index in [1.807, 2.05) is 19.3 Å². The molecule has 132 valence electrons. The van der Waals surface area contributed by atoms with Gasteiger partial charge in [-0.05, 0) is 55.5 Å². The molecule has 0 unspecified atom stereocenters. The van der Waals surface area contributed by atoms with Crippen LogP contribution >= 0.6 is 0 Å². The maximum Gasteiger partial charge on any atom is 0.224 e. The fraction of sp³-hybridized carbons (Fsp3) is 0.789. The minimum Gasteiger partial charge on any atom is -0.355 e. The fourth-order valence-corrected chi connectivity index (χ4v) is 5.38. The van der Waals surface area contributed by atoms with Crippen LogP contribution in [0.25, 0.3) is 0 Å². The van der Waals surface area contributed by atoms with Gasteiger partial charge in [0.25, 0.3) is 0 Å². The number of likely N-dealkylation sites (N-methyl/N-ethyl adjacent to an activating group) is 1. The quantitative estimate of drug-likeness (QED) is 0.889. The Bertz CT molecular complexity index is 616. The van der Waals surface area contributed by atoms with E-state index in [0.717, 1.165) is 30.8 Å². The van der Waals surface area contributed by atoms with E-state index >= 15 is 0 Å². The molecule has 1 aliphatic heterocycles. The Morgan fingerprint density at radius 1 is 1.25 bits per heavy atom. The van der Waals surface area contributed by atoms with Crippen LogP contribution in [0.15, 0.2) is 12.3 Å². The highest BCUT2D eigenvalue weighted by molar-refractivity contribution is 5.44. The molecule has 2 heterocycles. The Hall–Kier alpha value is -1.36. The van der Waals surface area contributed by atoms with Crippen LogP contribution in [0, 0.1) is 16.7 Å². The third-order valence-electron chi connectivity index (χ3n) is 7.66. The topological polar surface area (TPSA) is 53.1 Å². The SMILES string of the molecule is CN[C@@H]1CCN(c2ccnc(N[C@H]3C[C@H]4CC[C@]3(C)C4(C)C)n2)C1. The van der Waals surface area contributed by atoms with Crippen LogP contribution in [-0.4, -0.2) is 42.2 Å². The van der Waals surface area contributed by atoms with Crippen molar-refractivity contribution < 1.29 is 0 Å². The summed E-state index contributed by atoms with van der Waals surface area (Å²) in [5.41, 5.74) is 0.763. The Morgan fingerprint density at radius 3 is 2.71 bits per heavy atom. The third-order valence-corrected chi connectivity index (χ3v) is 7.66. The van der Waals surface area contributed by atoms with E-state index in [2.05, 4.69) is 41.3 Å². The lowest BCUT2D eigenvalue weighted by atomic mass is 9.69. The molecule has 0 amide bonds. The van der Waals surface area contributed by atoms with Crippen LogP contribution in [-0.2, 0) is 0 Å². The molecule has 1 aromatic heterocycles.